The van der Waals surface area contributed by atoms with Crippen LogP contribution >= 0.6 is 47.9 Å². The highest BCUT2D eigenvalue weighted by Gasteiger charge is 2.26. The first-order valence-electron chi connectivity index (χ1n) is 8.45. The molecule has 2 aliphatic heterocycles. The predicted molar refractivity (Wildman–Crippen MR) is 120 cm³/mol. The molecule has 0 aliphatic carbocycles. The van der Waals surface area contributed by atoms with Crippen LogP contribution in [-0.4, -0.2) is 37.3 Å². The topological polar surface area (TPSA) is 51.2 Å². The van der Waals surface area contributed by atoms with E-state index in [1.54, 1.807) is 11.3 Å². The highest BCUT2D eigenvalue weighted by atomic mass is 35.5. The number of thioether (sulfide) groups is 1. The largest absolute Gasteiger partial charge is 0.367 e. The van der Waals surface area contributed by atoms with E-state index < -0.39 is 0 Å². The third-order valence-electron chi connectivity index (χ3n) is 4.64. The van der Waals surface area contributed by atoms with Crippen molar-refractivity contribution in [1.29, 1.82) is 5.41 Å². The van der Waals surface area contributed by atoms with E-state index in [4.69, 9.17) is 5.41 Å². The number of thiophene rings is 1. The number of anilines is 2. The average Bonchev–Trinajstić information content (AvgIpc) is 3.17. The van der Waals surface area contributed by atoms with E-state index in [-0.39, 0.29) is 24.8 Å². The van der Waals surface area contributed by atoms with Crippen LogP contribution in [0.5, 0.6) is 0 Å². The van der Waals surface area contributed by atoms with Crippen molar-refractivity contribution in [3.63, 3.8) is 0 Å². The van der Waals surface area contributed by atoms with Gasteiger partial charge in [-0.05, 0) is 55.6 Å². The van der Waals surface area contributed by atoms with Crippen LogP contribution in [0.2, 0.25) is 0 Å². The molecule has 8 heteroatoms. The molecule has 142 valence electrons. The first kappa shape index (κ1) is 21.4. The van der Waals surface area contributed by atoms with Crippen LogP contribution in [0.4, 0.5) is 11.4 Å². The van der Waals surface area contributed by atoms with Crippen molar-refractivity contribution in [3.05, 3.63) is 40.6 Å². The van der Waals surface area contributed by atoms with Gasteiger partial charge >= 0.3 is 0 Å². The van der Waals surface area contributed by atoms with Crippen molar-refractivity contribution in [2.75, 3.05) is 35.6 Å². The molecule has 3 heterocycles. The van der Waals surface area contributed by atoms with Gasteiger partial charge in [-0.15, -0.1) is 47.9 Å². The molecule has 4 rings (SSSR count). The highest BCUT2D eigenvalue weighted by Crippen LogP contribution is 2.38. The van der Waals surface area contributed by atoms with Gasteiger partial charge in [0.2, 0.25) is 0 Å². The standard InChI is InChI=1S/C18H22N4S2.2ClH/c19-18(17-2-1-10-23-17)21-13-3-4-16-15(12-13)22(9-11-24-16)14-5-7-20-8-6-14;;/h1-4,10,12,14,20H,5-9,11H2,(H2,19,21);2*1H. The zero-order chi connectivity index (χ0) is 16.4. The Bertz CT molecular complexity index is 718. The van der Waals surface area contributed by atoms with Crippen LogP contribution in [0.1, 0.15) is 17.7 Å². The lowest BCUT2D eigenvalue weighted by atomic mass is 10.0. The fraction of sp³-hybridized carbons (Fsp3) is 0.389. The maximum absolute atomic E-state index is 8.24. The summed E-state index contributed by atoms with van der Waals surface area (Å²) >= 11 is 3.54. The molecule has 1 fully saturated rings. The lowest BCUT2D eigenvalue weighted by Gasteiger charge is -2.40. The Morgan fingerprint density at radius 3 is 2.73 bits per heavy atom. The quantitative estimate of drug-likeness (QED) is 0.487. The van der Waals surface area contributed by atoms with Crippen LogP contribution in [0.25, 0.3) is 0 Å². The van der Waals surface area contributed by atoms with E-state index in [2.05, 4.69) is 33.7 Å². The molecular weight excluding hydrogens is 407 g/mol. The molecule has 0 bridgehead atoms. The van der Waals surface area contributed by atoms with Gasteiger partial charge in [0.15, 0.2) is 0 Å². The van der Waals surface area contributed by atoms with Crippen molar-refractivity contribution in [2.45, 2.75) is 23.8 Å². The van der Waals surface area contributed by atoms with Gasteiger partial charge in [-0.25, -0.2) is 0 Å². The zero-order valence-corrected chi connectivity index (χ0v) is 17.6. The SMILES string of the molecule is Cl.Cl.N=C(Nc1ccc2c(c1)N(C1CCNCC1)CCS2)c1cccs1. The minimum atomic E-state index is 0. The Labute approximate surface area is 175 Å². The maximum Gasteiger partial charge on any atom is 0.140 e. The number of nitrogens with zero attached hydrogens (tertiary/aromatic N) is 1. The third kappa shape index (κ3) is 4.67. The normalized spacial score (nSPS) is 16.8. The Morgan fingerprint density at radius 1 is 1.19 bits per heavy atom. The monoisotopic (exact) mass is 430 g/mol. The molecule has 1 aromatic heterocycles. The summed E-state index contributed by atoms with van der Waals surface area (Å²) < 4.78 is 0. The summed E-state index contributed by atoms with van der Waals surface area (Å²) in [6.07, 6.45) is 2.43. The fourth-order valence-corrected chi connectivity index (χ4v) is 5.07. The summed E-state index contributed by atoms with van der Waals surface area (Å²) in [6, 6.07) is 11.1. The molecule has 0 amide bonds. The first-order chi connectivity index (χ1) is 11.8. The van der Waals surface area contributed by atoms with Gasteiger partial charge in [0.1, 0.15) is 5.84 Å². The predicted octanol–water partition coefficient (Wildman–Crippen LogP) is 4.69. The van der Waals surface area contributed by atoms with E-state index in [9.17, 15) is 0 Å². The smallest absolute Gasteiger partial charge is 0.140 e. The van der Waals surface area contributed by atoms with E-state index in [0.29, 0.717) is 11.9 Å². The van der Waals surface area contributed by atoms with Crippen LogP contribution in [0.15, 0.2) is 40.6 Å². The van der Waals surface area contributed by atoms with E-state index in [1.807, 2.05) is 29.3 Å². The van der Waals surface area contributed by atoms with Gasteiger partial charge in [0, 0.05) is 28.9 Å². The van der Waals surface area contributed by atoms with Crippen LogP contribution in [0, 0.1) is 5.41 Å². The van der Waals surface area contributed by atoms with Crippen molar-refractivity contribution in [3.8, 4) is 0 Å². The molecule has 0 spiro atoms. The van der Waals surface area contributed by atoms with E-state index in [1.165, 1.54) is 23.4 Å². The molecule has 2 aromatic rings. The number of amidine groups is 1. The van der Waals surface area contributed by atoms with Crippen LogP contribution in [0.3, 0.4) is 0 Å². The van der Waals surface area contributed by atoms with Gasteiger partial charge in [-0.1, -0.05) is 6.07 Å². The van der Waals surface area contributed by atoms with Crippen molar-refractivity contribution in [2.24, 2.45) is 0 Å². The van der Waals surface area contributed by atoms with Gasteiger partial charge in [0.05, 0.1) is 10.6 Å². The van der Waals surface area contributed by atoms with Crippen LogP contribution in [-0.2, 0) is 0 Å². The molecule has 0 radical (unpaired) electrons. The van der Waals surface area contributed by atoms with Crippen molar-refractivity contribution in [1.82, 2.24) is 5.32 Å². The second-order valence-corrected chi connectivity index (χ2v) is 8.27. The second kappa shape index (κ2) is 9.85. The number of hydrogen-bond donors (Lipinski definition) is 3. The third-order valence-corrected chi connectivity index (χ3v) is 6.57. The minimum absolute atomic E-state index is 0. The number of halogens is 2. The fourth-order valence-electron chi connectivity index (χ4n) is 3.44. The first-order valence-corrected chi connectivity index (χ1v) is 10.3. The van der Waals surface area contributed by atoms with Crippen molar-refractivity contribution >= 4 is 65.1 Å². The summed E-state index contributed by atoms with van der Waals surface area (Å²) in [4.78, 5) is 4.93. The molecule has 26 heavy (non-hydrogen) atoms. The average molecular weight is 431 g/mol. The lowest BCUT2D eigenvalue weighted by molar-refractivity contribution is 0.432. The summed E-state index contributed by atoms with van der Waals surface area (Å²) in [7, 11) is 0. The molecule has 1 saturated heterocycles. The van der Waals surface area contributed by atoms with Gasteiger partial charge in [-0.2, -0.15) is 0 Å². The minimum Gasteiger partial charge on any atom is -0.367 e. The molecule has 0 unspecified atom stereocenters. The Hall–Kier alpha value is -0.920. The summed E-state index contributed by atoms with van der Waals surface area (Å²) in [5.74, 6) is 1.64. The van der Waals surface area contributed by atoms with Gasteiger partial charge in [-0.3, -0.25) is 5.41 Å². The number of nitrogens with one attached hydrogen (secondary N) is 3. The Morgan fingerprint density at radius 2 is 2.00 bits per heavy atom. The Kier molecular flexibility index (Phi) is 8.10. The molecule has 3 N–H and O–H groups in total. The zero-order valence-electron chi connectivity index (χ0n) is 14.4. The second-order valence-electron chi connectivity index (χ2n) is 6.18. The molecule has 0 atom stereocenters. The number of piperidine rings is 1. The number of hydrogen-bond acceptors (Lipinski definition) is 5. The number of benzene rings is 1. The molecular formula is C18H24Cl2N4S2. The van der Waals surface area contributed by atoms with E-state index >= 15 is 0 Å². The summed E-state index contributed by atoms with van der Waals surface area (Å²) in [5, 5.41) is 17.0. The van der Waals surface area contributed by atoms with Gasteiger partial charge < -0.3 is 15.5 Å². The molecule has 4 nitrogen and oxygen atoms in total. The van der Waals surface area contributed by atoms with Gasteiger partial charge in [0.25, 0.3) is 0 Å². The summed E-state index contributed by atoms with van der Waals surface area (Å²) in [6.45, 7) is 3.35. The molecule has 2 aliphatic rings. The Balaban J connectivity index is 0.00000121. The van der Waals surface area contributed by atoms with Crippen molar-refractivity contribution < 1.29 is 0 Å². The molecule has 1 aromatic carbocycles. The number of fused-ring (bicyclic) bond motifs is 1. The van der Waals surface area contributed by atoms with Crippen LogP contribution < -0.4 is 15.5 Å². The van der Waals surface area contributed by atoms with E-state index in [0.717, 1.165) is 36.0 Å². The maximum atomic E-state index is 8.24. The highest BCUT2D eigenvalue weighted by molar-refractivity contribution is 7.99. The lowest BCUT2D eigenvalue weighted by Crippen LogP contribution is -2.45. The summed E-state index contributed by atoms with van der Waals surface area (Å²) in [5.41, 5.74) is 2.34. The molecule has 0 saturated carbocycles. The number of rotatable bonds is 3.